The van der Waals surface area contributed by atoms with Crippen LogP contribution in [0, 0.1) is 11.7 Å². The Labute approximate surface area is 166 Å². The summed E-state index contributed by atoms with van der Waals surface area (Å²) in [6.45, 7) is 7.05. The number of benzene rings is 1. The summed E-state index contributed by atoms with van der Waals surface area (Å²) in [5, 5.41) is 10.9. The van der Waals surface area contributed by atoms with Crippen LogP contribution in [0.15, 0.2) is 24.3 Å². The van der Waals surface area contributed by atoms with Crippen LogP contribution in [0.25, 0.3) is 0 Å². The zero-order valence-electron chi connectivity index (χ0n) is 17.1. The van der Waals surface area contributed by atoms with Crippen molar-refractivity contribution in [2.75, 3.05) is 13.2 Å². The Morgan fingerprint density at radius 1 is 1.29 bits per heavy atom. The van der Waals surface area contributed by atoms with Crippen molar-refractivity contribution in [2.45, 2.75) is 76.7 Å². The van der Waals surface area contributed by atoms with Crippen molar-refractivity contribution < 1.29 is 23.8 Å². The lowest BCUT2D eigenvalue weighted by Gasteiger charge is -2.36. The number of carbonyl (C=O) groups excluding carboxylic acids is 1. The minimum atomic E-state index is -0.942. The molecule has 1 N–H and O–H groups in total. The number of amides is 1. The van der Waals surface area contributed by atoms with Crippen molar-refractivity contribution in [1.29, 1.82) is 0 Å². The molecule has 5 nitrogen and oxygen atoms in total. The Hall–Kier alpha value is -1.66. The third-order valence-corrected chi connectivity index (χ3v) is 5.65. The van der Waals surface area contributed by atoms with Gasteiger partial charge in [-0.3, -0.25) is 4.90 Å². The van der Waals surface area contributed by atoms with Crippen molar-refractivity contribution in [1.82, 2.24) is 4.90 Å². The molecule has 156 valence electrons. The topological polar surface area (TPSA) is 59.0 Å². The van der Waals surface area contributed by atoms with E-state index in [9.17, 15) is 14.3 Å². The zero-order valence-corrected chi connectivity index (χ0v) is 17.1. The van der Waals surface area contributed by atoms with Gasteiger partial charge in [0.15, 0.2) is 0 Å². The van der Waals surface area contributed by atoms with Crippen LogP contribution in [-0.4, -0.2) is 47.0 Å². The second kappa shape index (κ2) is 8.78. The zero-order chi connectivity index (χ0) is 20.3. The Bertz CT molecular complexity index is 669. The van der Waals surface area contributed by atoms with Gasteiger partial charge < -0.3 is 14.6 Å². The summed E-state index contributed by atoms with van der Waals surface area (Å²) in [5.41, 5.74) is -0.123. The largest absolute Gasteiger partial charge is 0.444 e. The van der Waals surface area contributed by atoms with Gasteiger partial charge >= 0.3 is 6.09 Å². The second-order valence-electron chi connectivity index (χ2n) is 8.98. The maximum absolute atomic E-state index is 13.7. The van der Waals surface area contributed by atoms with E-state index in [0.717, 1.165) is 38.9 Å². The molecule has 1 amide bonds. The molecule has 0 spiro atoms. The van der Waals surface area contributed by atoms with E-state index in [1.165, 1.54) is 12.1 Å². The lowest BCUT2D eigenvalue weighted by atomic mass is 9.91. The lowest BCUT2D eigenvalue weighted by molar-refractivity contribution is -0.00995. The van der Waals surface area contributed by atoms with E-state index >= 15 is 0 Å². The summed E-state index contributed by atoms with van der Waals surface area (Å²) < 4.78 is 24.8. The van der Waals surface area contributed by atoms with E-state index in [4.69, 9.17) is 9.47 Å². The fraction of sp³-hybridized carbons (Fsp3) is 0.682. The van der Waals surface area contributed by atoms with Gasteiger partial charge in [0, 0.05) is 19.3 Å². The Morgan fingerprint density at radius 3 is 2.64 bits per heavy atom. The summed E-state index contributed by atoms with van der Waals surface area (Å²) in [7, 11) is 0. The van der Waals surface area contributed by atoms with E-state index in [1.807, 2.05) is 20.8 Å². The van der Waals surface area contributed by atoms with Crippen molar-refractivity contribution in [3.63, 3.8) is 0 Å². The summed E-state index contributed by atoms with van der Waals surface area (Å²) in [4.78, 5) is 14.7. The first-order valence-corrected chi connectivity index (χ1v) is 10.3. The van der Waals surface area contributed by atoms with Crippen LogP contribution in [0.1, 0.15) is 64.5 Å². The predicted molar refractivity (Wildman–Crippen MR) is 104 cm³/mol. The van der Waals surface area contributed by atoms with Gasteiger partial charge in [-0.25, -0.2) is 9.18 Å². The number of halogens is 1. The fourth-order valence-electron chi connectivity index (χ4n) is 4.33. The molecule has 1 aromatic rings. The second-order valence-corrected chi connectivity index (χ2v) is 8.98. The number of nitrogens with zero attached hydrogens (tertiary/aromatic N) is 1. The third kappa shape index (κ3) is 5.23. The molecule has 0 unspecified atom stereocenters. The summed E-state index contributed by atoms with van der Waals surface area (Å²) in [6.07, 6.45) is 3.02. The van der Waals surface area contributed by atoms with Crippen molar-refractivity contribution in [2.24, 2.45) is 5.92 Å². The third-order valence-electron chi connectivity index (χ3n) is 5.65. The van der Waals surface area contributed by atoms with Gasteiger partial charge in [0.2, 0.25) is 0 Å². The monoisotopic (exact) mass is 393 g/mol. The van der Waals surface area contributed by atoms with Gasteiger partial charge in [0.1, 0.15) is 11.4 Å². The summed E-state index contributed by atoms with van der Waals surface area (Å²) in [6, 6.07) is 5.58. The molecule has 0 aromatic heterocycles. The molecule has 2 aliphatic heterocycles. The molecule has 0 radical (unpaired) electrons. The Morgan fingerprint density at radius 2 is 2.00 bits per heavy atom. The predicted octanol–water partition coefficient (Wildman–Crippen LogP) is 4.44. The molecular formula is C22H32FNO4. The normalized spacial score (nSPS) is 25.0. The molecule has 6 heteroatoms. The standard InChI is InChI=1S/C22H32FNO4/c1-22(2,3)28-21(26)24-18(13-15-9-11-27-12-10-15)7-8-19(24)20(25)16-5-4-6-17(23)14-16/h4-6,14-15,18-20,25H,7-13H2,1-3H3/t18-,19+,20-/m0/s1. The molecule has 2 fully saturated rings. The highest BCUT2D eigenvalue weighted by Gasteiger charge is 2.43. The van der Waals surface area contributed by atoms with E-state index in [2.05, 4.69) is 0 Å². The average Bonchev–Trinajstić information content (AvgIpc) is 3.04. The van der Waals surface area contributed by atoms with E-state index in [0.29, 0.717) is 17.9 Å². The van der Waals surface area contributed by atoms with Gasteiger partial charge in [-0.05, 0) is 76.5 Å². The lowest BCUT2D eigenvalue weighted by Crippen LogP contribution is -2.47. The van der Waals surface area contributed by atoms with Crippen molar-refractivity contribution >= 4 is 6.09 Å². The smallest absolute Gasteiger partial charge is 0.410 e. The van der Waals surface area contributed by atoms with Gasteiger partial charge in [-0.1, -0.05) is 12.1 Å². The van der Waals surface area contributed by atoms with E-state index in [-0.39, 0.29) is 6.04 Å². The van der Waals surface area contributed by atoms with Crippen LogP contribution in [0.3, 0.4) is 0 Å². The number of ether oxygens (including phenoxy) is 2. The van der Waals surface area contributed by atoms with Crippen LogP contribution in [0.5, 0.6) is 0 Å². The maximum Gasteiger partial charge on any atom is 0.410 e. The molecule has 28 heavy (non-hydrogen) atoms. The van der Waals surface area contributed by atoms with Crippen LogP contribution in [0.2, 0.25) is 0 Å². The molecule has 3 rings (SSSR count). The highest BCUT2D eigenvalue weighted by atomic mass is 19.1. The molecule has 3 atom stereocenters. The van der Waals surface area contributed by atoms with Crippen LogP contribution in [-0.2, 0) is 9.47 Å². The number of likely N-dealkylation sites (tertiary alicyclic amines) is 1. The minimum Gasteiger partial charge on any atom is -0.444 e. The highest BCUT2D eigenvalue weighted by Crippen LogP contribution is 2.38. The molecule has 0 saturated carbocycles. The number of aliphatic hydroxyl groups excluding tert-OH is 1. The first kappa shape index (κ1) is 21.1. The quantitative estimate of drug-likeness (QED) is 0.821. The van der Waals surface area contributed by atoms with Crippen molar-refractivity contribution in [3.05, 3.63) is 35.6 Å². The molecule has 0 aliphatic carbocycles. The van der Waals surface area contributed by atoms with Crippen LogP contribution >= 0.6 is 0 Å². The average molecular weight is 393 g/mol. The van der Waals surface area contributed by atoms with Gasteiger partial charge in [-0.2, -0.15) is 0 Å². The molecule has 0 bridgehead atoms. The van der Waals surface area contributed by atoms with Gasteiger partial charge in [0.05, 0.1) is 12.1 Å². The molecule has 2 heterocycles. The Kier molecular flexibility index (Phi) is 6.61. The van der Waals surface area contributed by atoms with Crippen molar-refractivity contribution in [3.8, 4) is 0 Å². The van der Waals surface area contributed by atoms with E-state index < -0.39 is 29.7 Å². The van der Waals surface area contributed by atoms with Crippen LogP contribution < -0.4 is 0 Å². The summed E-state index contributed by atoms with van der Waals surface area (Å²) in [5.74, 6) is 0.117. The van der Waals surface area contributed by atoms with Crippen LogP contribution in [0.4, 0.5) is 9.18 Å². The van der Waals surface area contributed by atoms with Gasteiger partial charge in [0.25, 0.3) is 0 Å². The molecule has 2 saturated heterocycles. The number of aliphatic hydroxyl groups is 1. The number of hydrogen-bond donors (Lipinski definition) is 1. The first-order valence-electron chi connectivity index (χ1n) is 10.3. The van der Waals surface area contributed by atoms with E-state index in [1.54, 1.807) is 17.0 Å². The minimum absolute atomic E-state index is 0.0196. The molecular weight excluding hydrogens is 361 g/mol. The SMILES string of the molecule is CC(C)(C)OC(=O)N1[C@H](CC2CCOCC2)CC[C@@H]1[C@@H](O)c1cccc(F)c1. The van der Waals surface area contributed by atoms with Gasteiger partial charge in [-0.15, -0.1) is 0 Å². The number of hydrogen-bond acceptors (Lipinski definition) is 4. The fourth-order valence-corrected chi connectivity index (χ4v) is 4.33. The summed E-state index contributed by atoms with van der Waals surface area (Å²) >= 11 is 0. The number of rotatable bonds is 4. The molecule has 1 aromatic carbocycles. The molecule has 2 aliphatic rings. The Balaban J connectivity index is 1.80. The maximum atomic E-state index is 13.7. The first-order chi connectivity index (χ1) is 13.2. The number of carbonyl (C=O) groups is 1. The highest BCUT2D eigenvalue weighted by molar-refractivity contribution is 5.69.